The fourth-order valence-corrected chi connectivity index (χ4v) is 6.25. The molecule has 37 heavy (non-hydrogen) atoms. The first-order chi connectivity index (χ1) is 18.0. The standard InChI is InChI=1S/C30H35N3O3S/c1-5-32-20-24(23-8-6-7-9-25(23)32)30(34)33-14-12-22-13-17-37-29(22)26(33)18-21-10-11-27(35-4)28(19-21)36-16-15-31(2)3/h6-11,13,17,19-20,26H,5,12,14-16,18H2,1-4H3. The van der Waals surface area contributed by atoms with E-state index in [0.717, 1.165) is 59.5 Å². The van der Waals surface area contributed by atoms with Crippen LogP contribution in [0.1, 0.15) is 39.3 Å². The molecule has 2 aromatic heterocycles. The fraction of sp³-hybridized carbons (Fsp3) is 0.367. The van der Waals surface area contributed by atoms with Gasteiger partial charge in [0.15, 0.2) is 11.5 Å². The van der Waals surface area contributed by atoms with Gasteiger partial charge in [-0.2, -0.15) is 0 Å². The topological polar surface area (TPSA) is 46.9 Å². The van der Waals surface area contributed by atoms with Gasteiger partial charge >= 0.3 is 0 Å². The van der Waals surface area contributed by atoms with Crippen molar-refractivity contribution < 1.29 is 14.3 Å². The smallest absolute Gasteiger partial charge is 0.256 e. The molecule has 4 aromatic rings. The highest BCUT2D eigenvalue weighted by Gasteiger charge is 2.34. The molecule has 0 fully saturated rings. The molecule has 1 amide bonds. The van der Waals surface area contributed by atoms with E-state index in [1.165, 1.54) is 10.4 Å². The maximum Gasteiger partial charge on any atom is 0.256 e. The first-order valence-corrected chi connectivity index (χ1v) is 13.8. The van der Waals surface area contributed by atoms with Crippen LogP contribution in [0.4, 0.5) is 0 Å². The number of thiophene rings is 1. The van der Waals surface area contributed by atoms with Crippen molar-refractivity contribution in [2.24, 2.45) is 0 Å². The average molecular weight is 518 g/mol. The van der Waals surface area contributed by atoms with E-state index in [1.807, 2.05) is 38.5 Å². The van der Waals surface area contributed by atoms with Crippen LogP contribution in [0.25, 0.3) is 10.9 Å². The van der Waals surface area contributed by atoms with Crippen LogP contribution >= 0.6 is 11.3 Å². The molecule has 6 nitrogen and oxygen atoms in total. The number of aromatic nitrogens is 1. The number of likely N-dealkylation sites (N-methyl/N-ethyl adjacent to an activating group) is 1. The fourth-order valence-electron chi connectivity index (χ4n) is 5.19. The molecule has 0 aliphatic carbocycles. The summed E-state index contributed by atoms with van der Waals surface area (Å²) in [4.78, 5) is 19.6. The molecule has 7 heteroatoms. The molecule has 1 aliphatic heterocycles. The third-order valence-electron chi connectivity index (χ3n) is 7.16. The molecule has 5 rings (SSSR count). The average Bonchev–Trinajstić information content (AvgIpc) is 3.53. The molecule has 1 atom stereocenters. The number of fused-ring (bicyclic) bond motifs is 2. The number of hydrogen-bond acceptors (Lipinski definition) is 5. The van der Waals surface area contributed by atoms with Crippen molar-refractivity contribution in [2.45, 2.75) is 32.4 Å². The normalized spacial score (nSPS) is 15.3. The highest BCUT2D eigenvalue weighted by molar-refractivity contribution is 7.10. The first-order valence-electron chi connectivity index (χ1n) is 12.9. The molecule has 1 aliphatic rings. The summed E-state index contributed by atoms with van der Waals surface area (Å²) in [5, 5.41) is 3.17. The van der Waals surface area contributed by atoms with Crippen LogP contribution in [0.3, 0.4) is 0 Å². The Labute approximate surface area is 223 Å². The minimum Gasteiger partial charge on any atom is -0.493 e. The Balaban J connectivity index is 1.47. The molecule has 0 N–H and O–H groups in total. The summed E-state index contributed by atoms with van der Waals surface area (Å²) in [5.74, 6) is 1.57. The monoisotopic (exact) mass is 517 g/mol. The Kier molecular flexibility index (Phi) is 7.53. The number of carbonyl (C=O) groups excluding carboxylic acids is 1. The van der Waals surface area contributed by atoms with Gasteiger partial charge in [0.1, 0.15) is 6.61 Å². The molecule has 194 valence electrons. The van der Waals surface area contributed by atoms with Crippen LogP contribution < -0.4 is 9.47 Å². The minimum atomic E-state index is -0.0250. The second-order valence-electron chi connectivity index (χ2n) is 9.76. The Morgan fingerprint density at radius 1 is 1.14 bits per heavy atom. The number of amides is 1. The van der Waals surface area contributed by atoms with Crippen LogP contribution in [-0.4, -0.2) is 61.2 Å². The summed E-state index contributed by atoms with van der Waals surface area (Å²) >= 11 is 1.75. The molecule has 3 heterocycles. The van der Waals surface area contributed by atoms with E-state index in [1.54, 1.807) is 18.4 Å². The Hall–Kier alpha value is -3.29. The van der Waals surface area contributed by atoms with E-state index >= 15 is 0 Å². The largest absolute Gasteiger partial charge is 0.493 e. The highest BCUT2D eigenvalue weighted by atomic mass is 32.1. The van der Waals surface area contributed by atoms with Gasteiger partial charge in [0.05, 0.1) is 18.7 Å². The second kappa shape index (κ2) is 11.0. The van der Waals surface area contributed by atoms with Gasteiger partial charge in [-0.1, -0.05) is 24.3 Å². The number of ether oxygens (including phenoxy) is 2. The van der Waals surface area contributed by atoms with Crippen LogP contribution in [0.2, 0.25) is 0 Å². The summed E-state index contributed by atoms with van der Waals surface area (Å²) in [7, 11) is 5.73. The molecule has 2 aromatic carbocycles. The SMILES string of the molecule is CCn1cc(C(=O)N2CCc3ccsc3C2Cc2ccc(OC)c(OCCN(C)C)c2)c2ccccc21. The van der Waals surface area contributed by atoms with E-state index in [-0.39, 0.29) is 11.9 Å². The minimum absolute atomic E-state index is 0.0250. The lowest BCUT2D eigenvalue weighted by atomic mass is 9.94. The molecule has 0 spiro atoms. The first kappa shape index (κ1) is 25.4. The molecule has 0 saturated heterocycles. The third-order valence-corrected chi connectivity index (χ3v) is 8.22. The lowest BCUT2D eigenvalue weighted by Gasteiger charge is -2.36. The van der Waals surface area contributed by atoms with Gasteiger partial charge in [-0.25, -0.2) is 0 Å². The number of carbonyl (C=O) groups is 1. The van der Waals surface area contributed by atoms with Crippen molar-refractivity contribution in [3.63, 3.8) is 0 Å². The number of aryl methyl sites for hydroxylation is 1. The van der Waals surface area contributed by atoms with Crippen LogP contribution in [-0.2, 0) is 19.4 Å². The molecule has 0 saturated carbocycles. The van der Waals surface area contributed by atoms with Crippen molar-refractivity contribution >= 4 is 28.1 Å². The summed E-state index contributed by atoms with van der Waals surface area (Å²) in [5.41, 5.74) is 4.37. The number of para-hydroxylation sites is 1. The molecule has 0 bridgehead atoms. The van der Waals surface area contributed by atoms with Crippen molar-refractivity contribution in [3.05, 3.63) is 81.7 Å². The zero-order chi connectivity index (χ0) is 25.9. The number of nitrogens with zero attached hydrogens (tertiary/aromatic N) is 3. The number of hydrogen-bond donors (Lipinski definition) is 0. The van der Waals surface area contributed by atoms with Gasteiger partial charge in [-0.05, 0) is 74.6 Å². The quantitative estimate of drug-likeness (QED) is 0.288. The summed E-state index contributed by atoms with van der Waals surface area (Å²) in [6.07, 6.45) is 3.63. The van der Waals surface area contributed by atoms with Crippen molar-refractivity contribution in [2.75, 3.05) is 40.9 Å². The number of methoxy groups -OCH3 is 1. The lowest BCUT2D eigenvalue weighted by molar-refractivity contribution is 0.0666. The Morgan fingerprint density at radius 2 is 1.97 bits per heavy atom. The number of rotatable bonds is 9. The molecule has 1 unspecified atom stereocenters. The van der Waals surface area contributed by atoms with Gasteiger partial charge in [0.2, 0.25) is 0 Å². The molecule has 0 radical (unpaired) electrons. The maximum atomic E-state index is 14.1. The predicted molar refractivity (Wildman–Crippen MR) is 150 cm³/mol. The van der Waals surface area contributed by atoms with Crippen molar-refractivity contribution in [1.29, 1.82) is 0 Å². The zero-order valence-corrected chi connectivity index (χ0v) is 22.9. The zero-order valence-electron chi connectivity index (χ0n) is 22.1. The van der Waals surface area contributed by atoms with Gasteiger partial charge in [0.25, 0.3) is 5.91 Å². The Morgan fingerprint density at radius 3 is 2.76 bits per heavy atom. The maximum absolute atomic E-state index is 14.1. The van der Waals surface area contributed by atoms with Gasteiger partial charge in [-0.15, -0.1) is 11.3 Å². The summed E-state index contributed by atoms with van der Waals surface area (Å²) in [6, 6.07) is 16.5. The third kappa shape index (κ3) is 5.11. The van der Waals surface area contributed by atoms with Crippen LogP contribution in [0.5, 0.6) is 11.5 Å². The van der Waals surface area contributed by atoms with E-state index in [4.69, 9.17) is 9.47 Å². The molecular weight excluding hydrogens is 482 g/mol. The Bertz CT molecular complexity index is 1390. The predicted octanol–water partition coefficient (Wildman–Crippen LogP) is 5.65. The summed E-state index contributed by atoms with van der Waals surface area (Å²) < 4.78 is 13.8. The number of benzene rings is 2. The van der Waals surface area contributed by atoms with Crippen LogP contribution in [0, 0.1) is 0 Å². The second-order valence-corrected chi connectivity index (χ2v) is 10.7. The van der Waals surface area contributed by atoms with Crippen LogP contribution in [0.15, 0.2) is 60.1 Å². The van der Waals surface area contributed by atoms with Gasteiger partial charge in [-0.3, -0.25) is 4.79 Å². The van der Waals surface area contributed by atoms with E-state index < -0.39 is 0 Å². The van der Waals surface area contributed by atoms with E-state index in [2.05, 4.69) is 57.0 Å². The highest BCUT2D eigenvalue weighted by Crippen LogP contribution is 2.39. The summed E-state index contributed by atoms with van der Waals surface area (Å²) in [6.45, 7) is 5.06. The lowest BCUT2D eigenvalue weighted by Crippen LogP contribution is -2.40. The van der Waals surface area contributed by atoms with E-state index in [9.17, 15) is 4.79 Å². The van der Waals surface area contributed by atoms with Gasteiger partial charge in [0, 0.05) is 41.6 Å². The van der Waals surface area contributed by atoms with Crippen molar-refractivity contribution in [3.8, 4) is 11.5 Å². The van der Waals surface area contributed by atoms with Gasteiger partial charge < -0.3 is 23.8 Å². The van der Waals surface area contributed by atoms with E-state index in [0.29, 0.717) is 13.2 Å². The van der Waals surface area contributed by atoms with Crippen molar-refractivity contribution in [1.82, 2.24) is 14.4 Å². The molecular formula is C30H35N3O3S.